The van der Waals surface area contributed by atoms with Crippen molar-refractivity contribution in [1.29, 1.82) is 0 Å². The Labute approximate surface area is 178 Å². The Hall–Kier alpha value is -2.53. The zero-order valence-corrected chi connectivity index (χ0v) is 17.8. The molecule has 0 fully saturated rings. The van der Waals surface area contributed by atoms with E-state index in [2.05, 4.69) is 5.32 Å². The number of nitrogens with one attached hydrogen (secondary N) is 1. The lowest BCUT2D eigenvalue weighted by atomic mass is 10.1. The fraction of sp³-hybridized carbons (Fsp3) is 0.391. The summed E-state index contributed by atoms with van der Waals surface area (Å²) in [5.41, 5.74) is 1.12. The summed E-state index contributed by atoms with van der Waals surface area (Å²) in [5, 5.41) is 3.51. The van der Waals surface area contributed by atoms with Crippen LogP contribution in [0, 0.1) is 0 Å². The van der Waals surface area contributed by atoms with E-state index < -0.39 is 6.04 Å². The molecule has 2 amide bonds. The van der Waals surface area contributed by atoms with Crippen LogP contribution in [0.3, 0.4) is 0 Å². The molecule has 29 heavy (non-hydrogen) atoms. The van der Waals surface area contributed by atoms with Crippen molar-refractivity contribution in [3.05, 3.63) is 65.2 Å². The molecule has 0 heterocycles. The van der Waals surface area contributed by atoms with Crippen LogP contribution in [-0.2, 0) is 16.0 Å². The summed E-state index contributed by atoms with van der Waals surface area (Å²) in [6.07, 6.45) is 2.06. The van der Waals surface area contributed by atoms with Crippen molar-refractivity contribution in [3.8, 4) is 5.75 Å². The normalized spacial score (nSPS) is 11.6. The summed E-state index contributed by atoms with van der Waals surface area (Å²) in [7, 11) is 0. The van der Waals surface area contributed by atoms with Crippen molar-refractivity contribution >= 4 is 23.4 Å². The van der Waals surface area contributed by atoms with Gasteiger partial charge in [0, 0.05) is 18.1 Å². The topological polar surface area (TPSA) is 58.6 Å². The van der Waals surface area contributed by atoms with Crippen LogP contribution in [0.2, 0.25) is 5.02 Å². The maximum absolute atomic E-state index is 13.0. The zero-order chi connectivity index (χ0) is 21.1. The highest BCUT2D eigenvalue weighted by atomic mass is 35.5. The van der Waals surface area contributed by atoms with E-state index in [1.54, 1.807) is 29.2 Å². The largest absolute Gasteiger partial charge is 0.484 e. The first-order chi connectivity index (χ1) is 14.0. The summed E-state index contributed by atoms with van der Waals surface area (Å²) in [5.74, 6) is 0.228. The number of nitrogens with zero attached hydrogens (tertiary/aromatic N) is 1. The van der Waals surface area contributed by atoms with E-state index in [4.69, 9.17) is 16.3 Å². The molecule has 0 saturated carbocycles. The highest BCUT2D eigenvalue weighted by molar-refractivity contribution is 6.30. The summed E-state index contributed by atoms with van der Waals surface area (Å²) >= 11 is 5.89. The molecule has 0 radical (unpaired) electrons. The summed E-state index contributed by atoms with van der Waals surface area (Å²) < 4.78 is 5.63. The minimum absolute atomic E-state index is 0.123. The number of ether oxygens (including phenoxy) is 1. The highest BCUT2D eigenvalue weighted by Crippen LogP contribution is 2.16. The Kier molecular flexibility index (Phi) is 9.51. The molecule has 6 heteroatoms. The van der Waals surface area contributed by atoms with E-state index in [1.165, 1.54) is 0 Å². The minimum atomic E-state index is -0.522. The quantitative estimate of drug-likeness (QED) is 0.600. The predicted molar refractivity (Wildman–Crippen MR) is 116 cm³/mol. The Bertz CT molecular complexity index is 765. The first-order valence-corrected chi connectivity index (χ1v) is 10.4. The number of amides is 2. The van der Waals surface area contributed by atoms with Crippen LogP contribution in [-0.4, -0.2) is 42.5 Å². The lowest BCUT2D eigenvalue weighted by Crippen LogP contribution is -2.51. The van der Waals surface area contributed by atoms with E-state index >= 15 is 0 Å². The lowest BCUT2D eigenvalue weighted by molar-refractivity contribution is -0.142. The average Bonchev–Trinajstić information content (AvgIpc) is 2.75. The molecule has 0 spiro atoms. The van der Waals surface area contributed by atoms with E-state index in [9.17, 15) is 9.59 Å². The molecule has 0 aliphatic heterocycles. The second kappa shape index (κ2) is 12.1. The van der Waals surface area contributed by atoms with E-state index in [0.29, 0.717) is 36.7 Å². The van der Waals surface area contributed by atoms with Gasteiger partial charge >= 0.3 is 0 Å². The van der Waals surface area contributed by atoms with Crippen molar-refractivity contribution in [1.82, 2.24) is 10.2 Å². The van der Waals surface area contributed by atoms with E-state index in [-0.39, 0.29) is 18.4 Å². The summed E-state index contributed by atoms with van der Waals surface area (Å²) in [6.45, 7) is 4.83. The number of carbonyl (C=O) groups excluding carboxylic acids is 2. The van der Waals surface area contributed by atoms with Crippen LogP contribution in [0.4, 0.5) is 0 Å². The van der Waals surface area contributed by atoms with Gasteiger partial charge in [-0.15, -0.1) is 0 Å². The molecule has 0 bridgehead atoms. The maximum Gasteiger partial charge on any atom is 0.261 e. The zero-order valence-electron chi connectivity index (χ0n) is 17.1. The van der Waals surface area contributed by atoms with Crippen molar-refractivity contribution in [2.75, 3.05) is 19.7 Å². The molecule has 156 valence electrons. The minimum Gasteiger partial charge on any atom is -0.484 e. The Morgan fingerprint density at radius 3 is 2.38 bits per heavy atom. The van der Waals surface area contributed by atoms with Crippen LogP contribution in [0.15, 0.2) is 54.6 Å². The molecule has 1 atom stereocenters. The van der Waals surface area contributed by atoms with Crippen LogP contribution in [0.5, 0.6) is 5.75 Å². The Balaban J connectivity index is 2.09. The predicted octanol–water partition coefficient (Wildman–Crippen LogP) is 4.09. The van der Waals surface area contributed by atoms with Gasteiger partial charge in [0.05, 0.1) is 0 Å². The third-order valence-electron chi connectivity index (χ3n) is 4.60. The smallest absolute Gasteiger partial charge is 0.261 e. The van der Waals surface area contributed by atoms with E-state index in [1.807, 2.05) is 44.2 Å². The number of hydrogen-bond donors (Lipinski definition) is 1. The maximum atomic E-state index is 13.0. The van der Waals surface area contributed by atoms with Crippen LogP contribution < -0.4 is 10.1 Å². The second-order valence-corrected chi connectivity index (χ2v) is 7.22. The molecule has 2 rings (SSSR count). The standard InChI is InChI=1S/C23H29ClN2O3/c1-3-15-25-23(28)21(4-2)26(16-14-18-8-6-5-7-9-18)22(27)17-29-20-12-10-19(24)11-13-20/h5-13,21H,3-4,14-17H2,1-2H3,(H,25,28). The van der Waals surface area contributed by atoms with Crippen LogP contribution >= 0.6 is 11.6 Å². The number of rotatable bonds is 11. The van der Waals surface area contributed by atoms with Gasteiger partial charge in [0.2, 0.25) is 5.91 Å². The molecule has 2 aromatic rings. The fourth-order valence-electron chi connectivity index (χ4n) is 3.02. The molecule has 0 saturated heterocycles. The van der Waals surface area contributed by atoms with Gasteiger partial charge in [-0.3, -0.25) is 9.59 Å². The van der Waals surface area contributed by atoms with Gasteiger partial charge in [-0.05, 0) is 49.1 Å². The fourth-order valence-corrected chi connectivity index (χ4v) is 3.15. The number of halogens is 1. The number of hydrogen-bond acceptors (Lipinski definition) is 3. The molecule has 0 aliphatic carbocycles. The van der Waals surface area contributed by atoms with Gasteiger partial charge in [0.25, 0.3) is 5.91 Å². The molecule has 1 N–H and O–H groups in total. The van der Waals surface area contributed by atoms with Crippen LogP contribution in [0.1, 0.15) is 32.3 Å². The average molecular weight is 417 g/mol. The molecular weight excluding hydrogens is 388 g/mol. The summed E-state index contributed by atoms with van der Waals surface area (Å²) in [6, 6.07) is 16.3. The molecule has 2 aromatic carbocycles. The van der Waals surface area contributed by atoms with Gasteiger partial charge in [-0.1, -0.05) is 55.8 Å². The second-order valence-electron chi connectivity index (χ2n) is 6.78. The monoisotopic (exact) mass is 416 g/mol. The first-order valence-electron chi connectivity index (χ1n) is 10.0. The highest BCUT2D eigenvalue weighted by Gasteiger charge is 2.28. The third-order valence-corrected chi connectivity index (χ3v) is 4.85. The number of carbonyl (C=O) groups is 2. The van der Waals surface area contributed by atoms with Crippen molar-refractivity contribution < 1.29 is 14.3 Å². The molecule has 0 aromatic heterocycles. The van der Waals surface area contributed by atoms with Gasteiger partial charge < -0.3 is 15.0 Å². The SMILES string of the molecule is CCCNC(=O)C(CC)N(CCc1ccccc1)C(=O)COc1ccc(Cl)cc1. The molecule has 0 aliphatic rings. The van der Waals surface area contributed by atoms with Gasteiger partial charge in [0.1, 0.15) is 11.8 Å². The van der Waals surface area contributed by atoms with Crippen molar-refractivity contribution in [2.24, 2.45) is 0 Å². The van der Waals surface area contributed by atoms with Crippen molar-refractivity contribution in [2.45, 2.75) is 39.2 Å². The summed E-state index contributed by atoms with van der Waals surface area (Å²) in [4.78, 5) is 27.3. The van der Waals surface area contributed by atoms with Crippen LogP contribution in [0.25, 0.3) is 0 Å². The Morgan fingerprint density at radius 2 is 1.76 bits per heavy atom. The van der Waals surface area contributed by atoms with Gasteiger partial charge in [-0.25, -0.2) is 0 Å². The third kappa shape index (κ3) is 7.42. The number of benzene rings is 2. The van der Waals surface area contributed by atoms with E-state index in [0.717, 1.165) is 12.0 Å². The van der Waals surface area contributed by atoms with Crippen molar-refractivity contribution in [3.63, 3.8) is 0 Å². The lowest BCUT2D eigenvalue weighted by Gasteiger charge is -2.30. The molecular formula is C23H29ClN2O3. The van der Waals surface area contributed by atoms with Gasteiger partial charge in [-0.2, -0.15) is 0 Å². The first kappa shape index (κ1) is 22.8. The van der Waals surface area contributed by atoms with Gasteiger partial charge in [0.15, 0.2) is 6.61 Å². The Morgan fingerprint density at radius 1 is 1.07 bits per heavy atom. The molecule has 1 unspecified atom stereocenters. The molecule has 5 nitrogen and oxygen atoms in total.